The third-order valence-corrected chi connectivity index (χ3v) is 6.77. The highest BCUT2D eigenvalue weighted by molar-refractivity contribution is 5.89. The van der Waals surface area contributed by atoms with Crippen LogP contribution in [0.4, 0.5) is 0 Å². The van der Waals surface area contributed by atoms with E-state index in [-0.39, 0.29) is 16.9 Å². The molecule has 2 heterocycles. The van der Waals surface area contributed by atoms with Crippen LogP contribution >= 0.6 is 0 Å². The van der Waals surface area contributed by atoms with Crippen molar-refractivity contribution in [3.05, 3.63) is 76.5 Å². The Labute approximate surface area is 247 Å². The summed E-state index contributed by atoms with van der Waals surface area (Å²) in [6.07, 6.45) is -6.44. The predicted octanol–water partition coefficient (Wildman–Crippen LogP) is 1.43. The fourth-order valence-electron chi connectivity index (χ4n) is 4.55. The van der Waals surface area contributed by atoms with Crippen LogP contribution in [-0.4, -0.2) is 84.1 Å². The fraction of sp³-hybridized carbons (Fsp3) is 0.200. The summed E-state index contributed by atoms with van der Waals surface area (Å²) >= 11 is 0. The van der Waals surface area contributed by atoms with E-state index in [1.54, 1.807) is 0 Å². The Hall–Kier alpha value is -5.28. The van der Waals surface area contributed by atoms with Gasteiger partial charge in [0.1, 0.15) is 46.5 Å². The van der Waals surface area contributed by atoms with Crippen LogP contribution in [0.2, 0.25) is 0 Å². The van der Waals surface area contributed by atoms with Crippen molar-refractivity contribution in [1.29, 1.82) is 0 Å². The van der Waals surface area contributed by atoms with E-state index in [1.807, 2.05) is 0 Å². The lowest BCUT2D eigenvalue weighted by molar-refractivity contribution is -0.281. The van der Waals surface area contributed by atoms with Gasteiger partial charge in [0, 0.05) is 23.8 Å². The molecular formula is C30H26O14. The lowest BCUT2D eigenvalue weighted by Gasteiger charge is -2.41. The third kappa shape index (κ3) is 5.95. The summed E-state index contributed by atoms with van der Waals surface area (Å²) in [5.41, 5.74) is -0.834. The van der Waals surface area contributed by atoms with Crippen molar-refractivity contribution < 1.29 is 64.3 Å². The number of fused-ring (bicyclic) bond motifs is 1. The normalized spacial score (nSPS) is 21.8. The summed E-state index contributed by atoms with van der Waals surface area (Å²) in [5, 5.41) is 80.3. The van der Waals surface area contributed by atoms with Crippen molar-refractivity contribution in [2.45, 2.75) is 30.7 Å². The van der Waals surface area contributed by atoms with E-state index in [1.165, 1.54) is 36.4 Å². The molecule has 0 aliphatic carbocycles. The summed E-state index contributed by atoms with van der Waals surface area (Å²) < 4.78 is 22.5. The Morgan fingerprint density at radius 1 is 0.864 bits per heavy atom. The zero-order valence-electron chi connectivity index (χ0n) is 22.5. The average molecular weight is 611 g/mol. The molecule has 0 bridgehead atoms. The SMILES string of the molecule is O=C(C=Cc1ccc(O)cc1)OC1C(Oc2c(-c3ccc(O)c(O)c3)oc3cc(O)cc(O)c3c2=O)OC(CO)C(O)C1O. The molecule has 230 valence electrons. The molecule has 0 amide bonds. The quantitative estimate of drug-likeness (QED) is 0.0840. The Morgan fingerprint density at radius 3 is 2.27 bits per heavy atom. The highest BCUT2D eigenvalue weighted by atomic mass is 16.7. The first-order valence-electron chi connectivity index (χ1n) is 13.0. The van der Waals surface area contributed by atoms with Crippen molar-refractivity contribution in [2.75, 3.05) is 6.61 Å². The number of carbonyl (C=O) groups excluding carboxylic acids is 1. The van der Waals surface area contributed by atoms with Crippen LogP contribution in [-0.2, 0) is 14.3 Å². The third-order valence-electron chi connectivity index (χ3n) is 6.77. The number of benzene rings is 3. The first kappa shape index (κ1) is 30.2. The van der Waals surface area contributed by atoms with E-state index in [4.69, 9.17) is 18.6 Å². The van der Waals surface area contributed by atoms with Gasteiger partial charge in [-0.1, -0.05) is 12.1 Å². The smallest absolute Gasteiger partial charge is 0.331 e. The maximum atomic E-state index is 13.7. The zero-order valence-corrected chi connectivity index (χ0v) is 22.5. The number of rotatable bonds is 7. The summed E-state index contributed by atoms with van der Waals surface area (Å²) in [5.74, 6) is -4.34. The first-order valence-corrected chi connectivity index (χ1v) is 13.0. The Morgan fingerprint density at radius 2 is 1.59 bits per heavy atom. The van der Waals surface area contributed by atoms with Gasteiger partial charge in [0.05, 0.1) is 6.61 Å². The molecule has 14 nitrogen and oxygen atoms in total. The molecule has 1 fully saturated rings. The van der Waals surface area contributed by atoms with Gasteiger partial charge in [0.2, 0.25) is 17.5 Å². The Bertz CT molecular complexity index is 1780. The molecular weight excluding hydrogens is 584 g/mol. The summed E-state index contributed by atoms with van der Waals surface area (Å²) in [6, 6.07) is 11.1. The van der Waals surface area contributed by atoms with Crippen LogP contribution < -0.4 is 10.2 Å². The highest BCUT2D eigenvalue weighted by Crippen LogP contribution is 2.39. The molecule has 8 N–H and O–H groups in total. The lowest BCUT2D eigenvalue weighted by atomic mass is 9.99. The summed E-state index contributed by atoms with van der Waals surface area (Å²) in [4.78, 5) is 26.4. The van der Waals surface area contributed by atoms with Crippen molar-refractivity contribution in [1.82, 2.24) is 0 Å². The molecule has 3 aromatic carbocycles. The van der Waals surface area contributed by atoms with E-state index in [9.17, 15) is 50.4 Å². The molecule has 1 aliphatic rings. The molecule has 0 radical (unpaired) electrons. The number of hydrogen-bond acceptors (Lipinski definition) is 14. The summed E-state index contributed by atoms with van der Waals surface area (Å²) in [6.45, 7) is -0.815. The molecule has 4 aromatic rings. The minimum absolute atomic E-state index is 0.00444. The number of carbonyl (C=O) groups is 1. The van der Waals surface area contributed by atoms with Gasteiger partial charge < -0.3 is 59.5 Å². The standard InChI is InChI=1S/C30H26O14/c31-12-21-24(38)26(40)29(43-22(37)8-3-13-1-5-15(32)6-2-13)30(42-21)44-28-25(39)23-19(36)10-16(33)11-20(23)41-27(28)14-4-7-17(34)18(35)9-14/h1-11,21,24,26,29-36,38,40H,12H2. The van der Waals surface area contributed by atoms with Gasteiger partial charge in [-0.2, -0.15) is 0 Å². The molecule has 0 saturated carbocycles. The second-order valence-electron chi connectivity index (χ2n) is 9.78. The second kappa shape index (κ2) is 12.1. The maximum absolute atomic E-state index is 13.7. The molecule has 14 heteroatoms. The zero-order chi connectivity index (χ0) is 31.7. The van der Waals surface area contributed by atoms with Gasteiger partial charge in [-0.15, -0.1) is 0 Å². The largest absolute Gasteiger partial charge is 0.508 e. The number of aromatic hydroxyl groups is 5. The predicted molar refractivity (Wildman–Crippen MR) is 150 cm³/mol. The van der Waals surface area contributed by atoms with Crippen molar-refractivity contribution >= 4 is 23.0 Å². The van der Waals surface area contributed by atoms with Crippen LogP contribution in [0.3, 0.4) is 0 Å². The van der Waals surface area contributed by atoms with E-state index < -0.39 is 88.6 Å². The number of esters is 1. The molecule has 0 spiro atoms. The van der Waals surface area contributed by atoms with E-state index in [0.717, 1.165) is 30.3 Å². The monoisotopic (exact) mass is 610 g/mol. The van der Waals surface area contributed by atoms with Gasteiger partial charge in [0.25, 0.3) is 0 Å². The number of hydrogen-bond donors (Lipinski definition) is 8. The highest BCUT2D eigenvalue weighted by Gasteiger charge is 2.48. The van der Waals surface area contributed by atoms with Gasteiger partial charge in [-0.05, 0) is 42.0 Å². The Kier molecular flexibility index (Phi) is 8.33. The van der Waals surface area contributed by atoms with Crippen LogP contribution in [0.5, 0.6) is 34.5 Å². The van der Waals surface area contributed by atoms with Crippen molar-refractivity contribution in [3.63, 3.8) is 0 Å². The number of ether oxygens (including phenoxy) is 3. The van der Waals surface area contributed by atoms with Gasteiger partial charge >= 0.3 is 5.97 Å². The van der Waals surface area contributed by atoms with Crippen molar-refractivity contribution in [2.24, 2.45) is 0 Å². The van der Waals surface area contributed by atoms with Crippen LogP contribution in [0.25, 0.3) is 28.4 Å². The average Bonchev–Trinajstić information content (AvgIpc) is 2.98. The minimum atomic E-state index is -1.89. The fourth-order valence-corrected chi connectivity index (χ4v) is 4.55. The molecule has 5 atom stereocenters. The summed E-state index contributed by atoms with van der Waals surface area (Å²) in [7, 11) is 0. The number of phenols is 5. The Balaban J connectivity index is 1.57. The van der Waals surface area contributed by atoms with E-state index in [2.05, 4.69) is 0 Å². The van der Waals surface area contributed by atoms with Crippen LogP contribution in [0, 0.1) is 0 Å². The number of aliphatic hydroxyl groups is 3. The van der Waals surface area contributed by atoms with Gasteiger partial charge in [-0.3, -0.25) is 4.79 Å². The topological polar surface area (TPSA) is 237 Å². The molecule has 5 rings (SSSR count). The maximum Gasteiger partial charge on any atom is 0.331 e. The van der Waals surface area contributed by atoms with Crippen LogP contribution in [0.1, 0.15) is 5.56 Å². The van der Waals surface area contributed by atoms with Gasteiger partial charge in [0.15, 0.2) is 23.4 Å². The van der Waals surface area contributed by atoms with E-state index in [0.29, 0.717) is 5.56 Å². The second-order valence-corrected chi connectivity index (χ2v) is 9.78. The molecule has 44 heavy (non-hydrogen) atoms. The van der Waals surface area contributed by atoms with Crippen LogP contribution in [0.15, 0.2) is 69.9 Å². The van der Waals surface area contributed by atoms with E-state index >= 15 is 0 Å². The number of aliphatic hydroxyl groups excluding tert-OH is 3. The molecule has 5 unspecified atom stereocenters. The van der Waals surface area contributed by atoms with Gasteiger partial charge in [-0.25, -0.2) is 4.79 Å². The first-order chi connectivity index (χ1) is 21.0. The lowest BCUT2D eigenvalue weighted by Crippen LogP contribution is -2.61. The van der Waals surface area contributed by atoms with Crippen molar-refractivity contribution in [3.8, 4) is 45.8 Å². The number of phenolic OH excluding ortho intramolecular Hbond substituents is 5. The molecule has 1 aliphatic heterocycles. The molecule has 1 aromatic heterocycles. The minimum Gasteiger partial charge on any atom is -0.508 e. The molecule has 1 saturated heterocycles.